The van der Waals surface area contributed by atoms with E-state index in [0.29, 0.717) is 23.1 Å². The number of aryl methyl sites for hydroxylation is 1. The Balaban J connectivity index is 2.43. The number of hydrogen-bond acceptors (Lipinski definition) is 3. The lowest BCUT2D eigenvalue weighted by molar-refractivity contribution is -0.137. The molecule has 0 unspecified atom stereocenters. The SMILES string of the molecule is CCOC(=O)/C=C/c1c(F)ccc2nn(C)cc12. The van der Waals surface area contributed by atoms with Gasteiger partial charge in [-0.25, -0.2) is 9.18 Å². The van der Waals surface area contributed by atoms with Gasteiger partial charge in [-0.2, -0.15) is 5.10 Å². The summed E-state index contributed by atoms with van der Waals surface area (Å²) in [5, 5.41) is 4.84. The van der Waals surface area contributed by atoms with Crippen molar-refractivity contribution < 1.29 is 13.9 Å². The number of rotatable bonds is 3. The Morgan fingerprint density at radius 3 is 3.06 bits per heavy atom. The summed E-state index contributed by atoms with van der Waals surface area (Å²) in [5.41, 5.74) is 1.02. The first-order valence-electron chi connectivity index (χ1n) is 5.58. The molecule has 94 valence electrons. The van der Waals surface area contributed by atoms with Gasteiger partial charge in [0.15, 0.2) is 0 Å². The van der Waals surface area contributed by atoms with Crippen LogP contribution in [0.25, 0.3) is 17.0 Å². The predicted octanol–water partition coefficient (Wildman–Crippen LogP) is 2.29. The van der Waals surface area contributed by atoms with Gasteiger partial charge in [0.05, 0.1) is 12.1 Å². The monoisotopic (exact) mass is 248 g/mol. The average Bonchev–Trinajstić information content (AvgIpc) is 2.69. The first kappa shape index (κ1) is 12.3. The molecule has 0 N–H and O–H groups in total. The summed E-state index contributed by atoms with van der Waals surface area (Å²) in [6, 6.07) is 2.94. The summed E-state index contributed by atoms with van der Waals surface area (Å²) in [7, 11) is 1.76. The number of hydrogen-bond donors (Lipinski definition) is 0. The Hall–Kier alpha value is -2.17. The molecule has 0 saturated heterocycles. The first-order chi connectivity index (χ1) is 8.61. The number of esters is 1. The first-order valence-corrected chi connectivity index (χ1v) is 5.58. The standard InChI is InChI=1S/C13H13FN2O2/c1-3-18-13(17)7-4-9-10-8-16(2)15-12(10)6-5-11(9)14/h4-8H,3H2,1-2H3/b7-4+. The molecule has 1 aromatic heterocycles. The van der Waals surface area contributed by atoms with Crippen LogP contribution in [0.2, 0.25) is 0 Å². The van der Waals surface area contributed by atoms with Crippen LogP contribution in [0.4, 0.5) is 4.39 Å². The second-order valence-corrected chi connectivity index (χ2v) is 3.78. The maximum absolute atomic E-state index is 13.7. The third-order valence-corrected chi connectivity index (χ3v) is 2.47. The van der Waals surface area contributed by atoms with Gasteiger partial charge in [-0.05, 0) is 25.1 Å². The third kappa shape index (κ3) is 2.40. The molecule has 0 bridgehead atoms. The molecule has 0 saturated carbocycles. The molecule has 4 nitrogen and oxygen atoms in total. The Morgan fingerprint density at radius 2 is 2.33 bits per heavy atom. The maximum Gasteiger partial charge on any atom is 0.330 e. The molecule has 0 aliphatic carbocycles. The summed E-state index contributed by atoms with van der Waals surface area (Å²) in [6.45, 7) is 2.01. The van der Waals surface area contributed by atoms with Gasteiger partial charge in [-0.1, -0.05) is 0 Å². The molecule has 0 radical (unpaired) electrons. The smallest absolute Gasteiger partial charge is 0.330 e. The molecule has 0 aliphatic rings. The molecule has 1 aromatic carbocycles. The minimum Gasteiger partial charge on any atom is -0.463 e. The van der Waals surface area contributed by atoms with E-state index in [-0.39, 0.29) is 0 Å². The van der Waals surface area contributed by atoms with E-state index in [1.165, 1.54) is 18.2 Å². The number of fused-ring (bicyclic) bond motifs is 1. The van der Waals surface area contributed by atoms with Crippen molar-refractivity contribution in [2.45, 2.75) is 6.92 Å². The number of carbonyl (C=O) groups is 1. The number of nitrogens with zero attached hydrogens (tertiary/aromatic N) is 2. The van der Waals surface area contributed by atoms with E-state index in [4.69, 9.17) is 4.74 Å². The molecule has 0 aliphatic heterocycles. The number of aromatic nitrogens is 2. The van der Waals surface area contributed by atoms with Crippen LogP contribution in [0.15, 0.2) is 24.4 Å². The van der Waals surface area contributed by atoms with E-state index in [1.54, 1.807) is 30.9 Å². The molecule has 18 heavy (non-hydrogen) atoms. The van der Waals surface area contributed by atoms with Crippen LogP contribution in [-0.4, -0.2) is 22.4 Å². The summed E-state index contributed by atoms with van der Waals surface area (Å²) in [6.07, 6.45) is 4.34. The number of benzene rings is 1. The lowest BCUT2D eigenvalue weighted by Gasteiger charge is -1.99. The zero-order valence-corrected chi connectivity index (χ0v) is 10.2. The van der Waals surface area contributed by atoms with Crippen molar-refractivity contribution in [1.82, 2.24) is 9.78 Å². The van der Waals surface area contributed by atoms with E-state index in [1.807, 2.05) is 0 Å². The lowest BCUT2D eigenvalue weighted by atomic mass is 10.1. The average molecular weight is 248 g/mol. The predicted molar refractivity (Wildman–Crippen MR) is 66.3 cm³/mol. The van der Waals surface area contributed by atoms with Crippen LogP contribution in [0, 0.1) is 5.82 Å². The molecule has 0 spiro atoms. The van der Waals surface area contributed by atoms with Gasteiger partial charge in [0.25, 0.3) is 0 Å². The van der Waals surface area contributed by atoms with E-state index in [9.17, 15) is 9.18 Å². The molecular formula is C13H13FN2O2. The number of ether oxygens (including phenoxy) is 1. The van der Waals surface area contributed by atoms with Crippen molar-refractivity contribution in [3.05, 3.63) is 35.8 Å². The summed E-state index contributed by atoms with van der Waals surface area (Å²) in [4.78, 5) is 11.2. The second-order valence-electron chi connectivity index (χ2n) is 3.78. The van der Waals surface area contributed by atoms with Crippen molar-refractivity contribution in [3.63, 3.8) is 0 Å². The second kappa shape index (κ2) is 5.00. The minimum atomic E-state index is -0.488. The van der Waals surface area contributed by atoms with E-state index in [2.05, 4.69) is 5.10 Å². The van der Waals surface area contributed by atoms with Gasteiger partial charge in [0.2, 0.25) is 0 Å². The van der Waals surface area contributed by atoms with Crippen molar-refractivity contribution in [1.29, 1.82) is 0 Å². The maximum atomic E-state index is 13.7. The zero-order chi connectivity index (χ0) is 13.1. The highest BCUT2D eigenvalue weighted by Gasteiger charge is 2.08. The molecule has 2 aromatic rings. The highest BCUT2D eigenvalue weighted by molar-refractivity contribution is 5.93. The summed E-state index contributed by atoms with van der Waals surface area (Å²) in [5.74, 6) is -0.881. The lowest BCUT2D eigenvalue weighted by Crippen LogP contribution is -1.98. The Morgan fingerprint density at radius 1 is 1.56 bits per heavy atom. The Labute approximate surface area is 104 Å². The van der Waals surface area contributed by atoms with Crippen LogP contribution in [0.5, 0.6) is 0 Å². The molecule has 5 heteroatoms. The highest BCUT2D eigenvalue weighted by atomic mass is 19.1. The topological polar surface area (TPSA) is 44.1 Å². The van der Waals surface area contributed by atoms with Crippen molar-refractivity contribution in [2.24, 2.45) is 7.05 Å². The largest absolute Gasteiger partial charge is 0.463 e. The fourth-order valence-corrected chi connectivity index (χ4v) is 1.72. The highest BCUT2D eigenvalue weighted by Crippen LogP contribution is 2.21. The Kier molecular flexibility index (Phi) is 3.41. The van der Waals surface area contributed by atoms with Crippen LogP contribution in [-0.2, 0) is 16.6 Å². The van der Waals surface area contributed by atoms with E-state index < -0.39 is 11.8 Å². The molecule has 0 fully saturated rings. The van der Waals surface area contributed by atoms with Crippen LogP contribution < -0.4 is 0 Å². The normalized spacial score (nSPS) is 11.3. The molecule has 0 amide bonds. The summed E-state index contributed by atoms with van der Waals surface area (Å²) < 4.78 is 20.1. The van der Waals surface area contributed by atoms with Gasteiger partial charge in [-0.15, -0.1) is 0 Å². The van der Waals surface area contributed by atoms with E-state index >= 15 is 0 Å². The van der Waals surface area contributed by atoms with Gasteiger partial charge in [-0.3, -0.25) is 4.68 Å². The van der Waals surface area contributed by atoms with Gasteiger partial charge in [0.1, 0.15) is 5.82 Å². The molecular weight excluding hydrogens is 235 g/mol. The number of halogens is 1. The van der Waals surface area contributed by atoms with Gasteiger partial charge < -0.3 is 4.74 Å². The fourth-order valence-electron chi connectivity index (χ4n) is 1.72. The minimum absolute atomic E-state index is 0.294. The molecule has 1 heterocycles. The Bertz CT molecular complexity index is 617. The summed E-state index contributed by atoms with van der Waals surface area (Å²) >= 11 is 0. The van der Waals surface area contributed by atoms with E-state index in [0.717, 1.165) is 0 Å². The van der Waals surface area contributed by atoms with Crippen LogP contribution in [0.3, 0.4) is 0 Å². The number of carbonyl (C=O) groups excluding carboxylic acids is 1. The third-order valence-electron chi connectivity index (χ3n) is 2.47. The zero-order valence-electron chi connectivity index (χ0n) is 10.2. The van der Waals surface area contributed by atoms with Crippen molar-refractivity contribution >= 4 is 22.9 Å². The van der Waals surface area contributed by atoms with Gasteiger partial charge >= 0.3 is 5.97 Å². The molecule has 2 rings (SSSR count). The quantitative estimate of drug-likeness (QED) is 0.618. The van der Waals surface area contributed by atoms with Crippen molar-refractivity contribution in [3.8, 4) is 0 Å². The van der Waals surface area contributed by atoms with Crippen molar-refractivity contribution in [2.75, 3.05) is 6.61 Å². The van der Waals surface area contributed by atoms with Gasteiger partial charge in [0, 0.05) is 30.3 Å². The molecule has 0 atom stereocenters. The fraction of sp³-hybridized carbons (Fsp3) is 0.231. The van der Waals surface area contributed by atoms with Crippen LogP contribution in [0.1, 0.15) is 12.5 Å². The van der Waals surface area contributed by atoms with Crippen LogP contribution >= 0.6 is 0 Å².